The molecule has 5 nitrogen and oxygen atoms in total. The van der Waals surface area contributed by atoms with E-state index in [1.54, 1.807) is 0 Å². The summed E-state index contributed by atoms with van der Waals surface area (Å²) in [5.41, 5.74) is 1.41. The van der Waals surface area contributed by atoms with Gasteiger partial charge in [-0.3, -0.25) is 9.59 Å². The quantitative estimate of drug-likeness (QED) is 0.354. The fraction of sp³-hybridized carbons (Fsp3) is 0.788. The van der Waals surface area contributed by atoms with E-state index in [2.05, 4.69) is 66.6 Å². The summed E-state index contributed by atoms with van der Waals surface area (Å²) < 4.78 is 11.2. The third-order valence-electron chi connectivity index (χ3n) is 12.6. The molecule has 4 aliphatic carbocycles. The number of nitrogens with zero attached hydrogens (tertiary/aromatic N) is 1. The molecule has 0 bridgehead atoms. The van der Waals surface area contributed by atoms with Crippen LogP contribution in [0.1, 0.15) is 118 Å². The molecule has 0 spiro atoms. The fourth-order valence-corrected chi connectivity index (χ4v) is 9.71. The second-order valence-electron chi connectivity index (χ2n) is 15.6. The van der Waals surface area contributed by atoms with Crippen molar-refractivity contribution in [3.05, 3.63) is 29.2 Å². The van der Waals surface area contributed by atoms with E-state index in [-0.39, 0.29) is 39.0 Å². The number of carbonyl (C=O) groups excluding carboxylic acids is 2. The van der Waals surface area contributed by atoms with Gasteiger partial charge in [0.25, 0.3) is 0 Å². The molecule has 2 saturated carbocycles. The summed E-state index contributed by atoms with van der Waals surface area (Å²) in [7, 11) is 1.51. The molecule has 38 heavy (non-hydrogen) atoms. The Labute approximate surface area is 229 Å². The van der Waals surface area contributed by atoms with Gasteiger partial charge in [-0.15, -0.1) is 0 Å². The summed E-state index contributed by atoms with van der Waals surface area (Å²) in [6.07, 6.45) is 12.3. The van der Waals surface area contributed by atoms with Crippen molar-refractivity contribution in [2.45, 2.75) is 119 Å². The number of ether oxygens (including phenoxy) is 1. The average Bonchev–Trinajstić information content (AvgIpc) is 3.31. The van der Waals surface area contributed by atoms with Gasteiger partial charge in [0.15, 0.2) is 5.78 Å². The molecule has 6 atom stereocenters. The summed E-state index contributed by atoms with van der Waals surface area (Å²) in [5.74, 6) is 1.55. The minimum atomic E-state index is -0.539. The van der Waals surface area contributed by atoms with Gasteiger partial charge < -0.3 is 9.26 Å². The van der Waals surface area contributed by atoms with E-state index in [0.717, 1.165) is 63.5 Å². The first-order valence-electron chi connectivity index (χ1n) is 14.8. The van der Waals surface area contributed by atoms with Gasteiger partial charge in [-0.1, -0.05) is 59.2 Å². The first-order valence-corrected chi connectivity index (χ1v) is 14.8. The molecule has 5 rings (SSSR count). The fourth-order valence-electron chi connectivity index (χ4n) is 9.71. The van der Waals surface area contributed by atoms with Crippen molar-refractivity contribution in [2.24, 2.45) is 38.9 Å². The zero-order valence-electron chi connectivity index (χ0n) is 25.3. The predicted octanol–water partition coefficient (Wildman–Crippen LogP) is 7.62. The number of carbonyl (C=O) groups is 2. The van der Waals surface area contributed by atoms with Crippen LogP contribution in [0.3, 0.4) is 0 Å². The maximum absolute atomic E-state index is 14.2. The first-order chi connectivity index (χ1) is 17.5. The van der Waals surface area contributed by atoms with Crippen LogP contribution in [0.2, 0.25) is 0 Å². The lowest BCUT2D eigenvalue weighted by molar-refractivity contribution is -0.155. The van der Waals surface area contributed by atoms with E-state index in [9.17, 15) is 9.59 Å². The summed E-state index contributed by atoms with van der Waals surface area (Å²) in [6.45, 7) is 18.5. The Morgan fingerprint density at radius 1 is 0.947 bits per heavy atom. The van der Waals surface area contributed by atoms with Crippen molar-refractivity contribution in [3.8, 4) is 0 Å². The largest absolute Gasteiger partial charge is 0.469 e. The van der Waals surface area contributed by atoms with Gasteiger partial charge in [0.1, 0.15) is 5.76 Å². The number of rotatable bonds is 1. The molecule has 4 aliphatic rings. The van der Waals surface area contributed by atoms with Crippen LogP contribution in [0.4, 0.5) is 0 Å². The molecule has 0 radical (unpaired) electrons. The first kappa shape index (κ1) is 27.6. The van der Waals surface area contributed by atoms with Crippen LogP contribution in [0.25, 0.3) is 0 Å². The van der Waals surface area contributed by atoms with Gasteiger partial charge in [-0.05, 0) is 98.4 Å². The van der Waals surface area contributed by atoms with Crippen molar-refractivity contribution in [2.75, 3.05) is 7.11 Å². The van der Waals surface area contributed by atoms with E-state index in [1.807, 2.05) is 6.20 Å². The summed E-state index contributed by atoms with van der Waals surface area (Å²) >= 11 is 0. The lowest BCUT2D eigenvalue weighted by atomic mass is 9.38. The molecule has 2 fully saturated rings. The van der Waals surface area contributed by atoms with Gasteiger partial charge in [0, 0.05) is 16.9 Å². The molecule has 1 aromatic heterocycles. The topological polar surface area (TPSA) is 69.4 Å². The number of fused-ring (bicyclic) bond motifs is 6. The average molecular weight is 524 g/mol. The number of hydrogen-bond acceptors (Lipinski definition) is 5. The Kier molecular flexibility index (Phi) is 6.22. The van der Waals surface area contributed by atoms with E-state index in [0.29, 0.717) is 11.7 Å². The van der Waals surface area contributed by atoms with E-state index < -0.39 is 5.41 Å². The van der Waals surface area contributed by atoms with Gasteiger partial charge in [0.2, 0.25) is 0 Å². The van der Waals surface area contributed by atoms with Crippen LogP contribution < -0.4 is 0 Å². The third kappa shape index (κ3) is 3.73. The van der Waals surface area contributed by atoms with Gasteiger partial charge in [-0.25, -0.2) is 0 Å². The van der Waals surface area contributed by atoms with Crippen LogP contribution in [0, 0.1) is 38.9 Å². The number of ketones is 1. The lowest BCUT2D eigenvalue weighted by Gasteiger charge is -2.65. The smallest absolute Gasteiger partial charge is 0.311 e. The maximum Gasteiger partial charge on any atom is 0.311 e. The van der Waals surface area contributed by atoms with Gasteiger partial charge in [0.05, 0.1) is 18.7 Å². The summed E-state index contributed by atoms with van der Waals surface area (Å²) in [6, 6.07) is 0. The molecule has 2 unspecified atom stereocenters. The second-order valence-corrected chi connectivity index (χ2v) is 15.6. The summed E-state index contributed by atoms with van der Waals surface area (Å²) in [4.78, 5) is 27.4. The Bertz CT molecular complexity index is 1180. The third-order valence-corrected chi connectivity index (χ3v) is 12.6. The molecule has 1 aromatic rings. The van der Waals surface area contributed by atoms with Gasteiger partial charge in [-0.2, -0.15) is 0 Å². The Balaban J connectivity index is 1.64. The molecule has 0 aliphatic heterocycles. The molecule has 210 valence electrons. The van der Waals surface area contributed by atoms with E-state index in [1.165, 1.54) is 18.2 Å². The normalized spacial score (nSPS) is 42.0. The predicted molar refractivity (Wildman–Crippen MR) is 148 cm³/mol. The van der Waals surface area contributed by atoms with Crippen LogP contribution >= 0.6 is 0 Å². The Morgan fingerprint density at radius 2 is 1.63 bits per heavy atom. The lowest BCUT2D eigenvalue weighted by Crippen LogP contribution is -2.61. The number of esters is 1. The standard InChI is InChI=1S/C33H49NO4/c1-28(2)12-10-22-23(35)18-25-31(6)19-21-20-34-38-26(21)29(3,4)24(31)11-13-33(25,8)32(22,7)17-16-30(5,15-14-28)27(36)37-9/h18,20,22,24H,10-17,19H2,1-9H3/t22?,24?,30-,31-,32+,33+/m0/s1. The van der Waals surface area contributed by atoms with Gasteiger partial charge >= 0.3 is 5.97 Å². The molecule has 5 heteroatoms. The molecule has 0 aromatic carbocycles. The monoisotopic (exact) mass is 523 g/mol. The van der Waals surface area contributed by atoms with Crippen molar-refractivity contribution in [1.29, 1.82) is 0 Å². The van der Waals surface area contributed by atoms with E-state index in [4.69, 9.17) is 9.26 Å². The number of allylic oxidation sites excluding steroid dienone is 2. The highest BCUT2D eigenvalue weighted by atomic mass is 16.5. The number of methoxy groups -OCH3 is 1. The minimum absolute atomic E-state index is 0.0292. The zero-order valence-corrected chi connectivity index (χ0v) is 25.3. The summed E-state index contributed by atoms with van der Waals surface area (Å²) in [5, 5.41) is 4.19. The highest BCUT2D eigenvalue weighted by Crippen LogP contribution is 2.71. The Morgan fingerprint density at radius 3 is 2.32 bits per heavy atom. The van der Waals surface area contributed by atoms with Crippen molar-refractivity contribution in [3.63, 3.8) is 0 Å². The minimum Gasteiger partial charge on any atom is -0.469 e. The highest BCUT2D eigenvalue weighted by molar-refractivity contribution is 5.95. The van der Waals surface area contributed by atoms with Crippen LogP contribution in [-0.2, 0) is 26.2 Å². The molecule has 0 saturated heterocycles. The van der Waals surface area contributed by atoms with Crippen LogP contribution in [-0.4, -0.2) is 24.0 Å². The van der Waals surface area contributed by atoms with Crippen molar-refractivity contribution >= 4 is 11.8 Å². The van der Waals surface area contributed by atoms with Crippen LogP contribution in [0.15, 0.2) is 22.4 Å². The maximum atomic E-state index is 14.2. The molecule has 1 heterocycles. The molecular formula is C33H49NO4. The Hall–Kier alpha value is -1.91. The van der Waals surface area contributed by atoms with Crippen molar-refractivity contribution < 1.29 is 18.8 Å². The highest BCUT2D eigenvalue weighted by Gasteiger charge is 2.65. The second kappa shape index (κ2) is 8.54. The number of hydrogen-bond donors (Lipinski definition) is 0. The van der Waals surface area contributed by atoms with Crippen molar-refractivity contribution in [1.82, 2.24) is 5.16 Å². The molecule has 0 N–H and O–H groups in total. The zero-order chi connectivity index (χ0) is 27.9. The SMILES string of the molecule is COC(=O)[C@@]1(C)CCC(C)(C)CCC2C(=O)C=C3[C@@]4(C)Cc5cnoc5C(C)(C)C4CC[C@@]3(C)[C@]2(C)CC1. The number of aromatic nitrogens is 1. The molecule has 0 amide bonds. The molecular weight excluding hydrogens is 474 g/mol. The van der Waals surface area contributed by atoms with Crippen LogP contribution in [0.5, 0.6) is 0 Å². The van der Waals surface area contributed by atoms with E-state index >= 15 is 0 Å².